The van der Waals surface area contributed by atoms with Crippen LogP contribution < -0.4 is 5.32 Å². The molecule has 0 spiro atoms. The minimum Gasteiger partial charge on any atom is -0.338 e. The number of hydrogen-bond acceptors (Lipinski definition) is 1. The van der Waals surface area contributed by atoms with Crippen molar-refractivity contribution in [2.75, 3.05) is 5.32 Å². The number of aromatic nitrogens is 1. The molecular formula is C13H11F2IN2O. The standard InChI is InChI=1S/C13H11F2IN2O/c14-12(15)8-18-7-1-2-11(18)13(19)17-10-5-3-9(16)4-6-10/h1-7,12H,8H2,(H,17,19). The predicted octanol–water partition coefficient (Wildman–Crippen LogP) is 3.61. The molecule has 1 amide bonds. The summed E-state index contributed by atoms with van der Waals surface area (Å²) < 4.78 is 27.0. The SMILES string of the molecule is O=C(Nc1ccc(I)cc1)c1cccn1CC(F)F. The lowest BCUT2D eigenvalue weighted by Crippen LogP contribution is -2.18. The van der Waals surface area contributed by atoms with E-state index in [1.165, 1.54) is 16.8 Å². The molecule has 6 heteroatoms. The van der Waals surface area contributed by atoms with Gasteiger partial charge in [0.05, 0.1) is 6.54 Å². The number of amides is 1. The molecule has 0 aliphatic carbocycles. The van der Waals surface area contributed by atoms with Crippen LogP contribution >= 0.6 is 22.6 Å². The summed E-state index contributed by atoms with van der Waals surface area (Å²) in [6.07, 6.45) is -1.02. The Bertz CT molecular complexity index is 566. The first-order chi connectivity index (χ1) is 9.06. The van der Waals surface area contributed by atoms with Crippen LogP contribution in [0.5, 0.6) is 0 Å². The third-order valence-corrected chi connectivity index (χ3v) is 3.22. The monoisotopic (exact) mass is 376 g/mol. The number of hydrogen-bond donors (Lipinski definition) is 1. The molecule has 3 nitrogen and oxygen atoms in total. The Morgan fingerprint density at radius 3 is 2.58 bits per heavy atom. The Balaban J connectivity index is 2.11. The molecular weight excluding hydrogens is 365 g/mol. The van der Waals surface area contributed by atoms with Gasteiger partial charge >= 0.3 is 0 Å². The minimum absolute atomic E-state index is 0.221. The van der Waals surface area contributed by atoms with Crippen LogP contribution in [0.15, 0.2) is 42.6 Å². The fourth-order valence-electron chi connectivity index (χ4n) is 1.66. The van der Waals surface area contributed by atoms with Crippen LogP contribution in [0.3, 0.4) is 0 Å². The number of rotatable bonds is 4. The summed E-state index contributed by atoms with van der Waals surface area (Å²) in [5.74, 6) is -0.396. The van der Waals surface area contributed by atoms with Crippen molar-refractivity contribution in [3.8, 4) is 0 Å². The van der Waals surface area contributed by atoms with E-state index < -0.39 is 18.9 Å². The van der Waals surface area contributed by atoms with E-state index in [1.807, 2.05) is 12.1 Å². The summed E-state index contributed by atoms with van der Waals surface area (Å²) in [7, 11) is 0. The molecule has 1 heterocycles. The zero-order chi connectivity index (χ0) is 13.8. The van der Waals surface area contributed by atoms with Gasteiger partial charge in [-0.25, -0.2) is 8.78 Å². The zero-order valence-electron chi connectivity index (χ0n) is 9.82. The van der Waals surface area contributed by atoms with Gasteiger partial charge in [-0.15, -0.1) is 0 Å². The number of anilines is 1. The molecule has 0 aliphatic rings. The number of benzene rings is 1. The summed E-state index contributed by atoms with van der Waals surface area (Å²) >= 11 is 2.16. The lowest BCUT2D eigenvalue weighted by atomic mass is 10.3. The van der Waals surface area contributed by atoms with Crippen LogP contribution in [0.25, 0.3) is 0 Å². The largest absolute Gasteiger partial charge is 0.338 e. The maximum atomic E-state index is 12.4. The highest BCUT2D eigenvalue weighted by Crippen LogP contribution is 2.13. The van der Waals surface area contributed by atoms with Crippen LogP contribution in [-0.4, -0.2) is 16.9 Å². The average molecular weight is 376 g/mol. The highest BCUT2D eigenvalue weighted by Gasteiger charge is 2.13. The van der Waals surface area contributed by atoms with E-state index in [2.05, 4.69) is 27.9 Å². The summed E-state index contributed by atoms with van der Waals surface area (Å²) in [5.41, 5.74) is 0.856. The number of halogens is 3. The van der Waals surface area contributed by atoms with Crippen molar-refractivity contribution >= 4 is 34.2 Å². The van der Waals surface area contributed by atoms with E-state index >= 15 is 0 Å². The number of alkyl halides is 2. The molecule has 0 bridgehead atoms. The van der Waals surface area contributed by atoms with Crippen LogP contribution in [0.1, 0.15) is 10.5 Å². The van der Waals surface area contributed by atoms with Gasteiger partial charge in [0.2, 0.25) is 0 Å². The van der Waals surface area contributed by atoms with Crippen LogP contribution in [-0.2, 0) is 6.54 Å². The van der Waals surface area contributed by atoms with E-state index in [1.54, 1.807) is 18.2 Å². The van der Waals surface area contributed by atoms with Gasteiger partial charge in [0.15, 0.2) is 0 Å². The molecule has 0 aliphatic heterocycles. The molecule has 2 aromatic rings. The van der Waals surface area contributed by atoms with Crippen molar-refractivity contribution in [1.29, 1.82) is 0 Å². The Morgan fingerprint density at radius 1 is 1.26 bits per heavy atom. The maximum Gasteiger partial charge on any atom is 0.272 e. The summed E-state index contributed by atoms with van der Waals surface area (Å²) in [6, 6.07) is 10.3. The summed E-state index contributed by atoms with van der Waals surface area (Å²) in [5, 5.41) is 2.68. The van der Waals surface area contributed by atoms with Gasteiger partial charge in [0.1, 0.15) is 5.69 Å². The smallest absolute Gasteiger partial charge is 0.272 e. The highest BCUT2D eigenvalue weighted by molar-refractivity contribution is 14.1. The number of carbonyl (C=O) groups excluding carboxylic acids is 1. The minimum atomic E-state index is -2.49. The molecule has 0 saturated heterocycles. The zero-order valence-corrected chi connectivity index (χ0v) is 12.0. The van der Waals surface area contributed by atoms with E-state index in [9.17, 15) is 13.6 Å². The third kappa shape index (κ3) is 3.76. The fourth-order valence-corrected chi connectivity index (χ4v) is 2.02. The third-order valence-electron chi connectivity index (χ3n) is 2.50. The Kier molecular flexibility index (Phi) is 4.52. The molecule has 1 aromatic carbocycles. The lowest BCUT2D eigenvalue weighted by Gasteiger charge is -2.09. The molecule has 19 heavy (non-hydrogen) atoms. The molecule has 100 valence electrons. The van der Waals surface area contributed by atoms with Gasteiger partial charge in [-0.2, -0.15) is 0 Å². The number of nitrogens with zero attached hydrogens (tertiary/aromatic N) is 1. The molecule has 0 saturated carbocycles. The van der Waals surface area contributed by atoms with Gasteiger partial charge < -0.3 is 9.88 Å². The first-order valence-electron chi connectivity index (χ1n) is 5.56. The molecule has 2 rings (SSSR count). The number of carbonyl (C=O) groups is 1. The van der Waals surface area contributed by atoms with Crippen molar-refractivity contribution in [2.45, 2.75) is 13.0 Å². The Morgan fingerprint density at radius 2 is 1.95 bits per heavy atom. The second-order valence-corrected chi connectivity index (χ2v) is 5.14. The topological polar surface area (TPSA) is 34.0 Å². The second-order valence-electron chi connectivity index (χ2n) is 3.90. The van der Waals surface area contributed by atoms with E-state index in [4.69, 9.17) is 0 Å². The van der Waals surface area contributed by atoms with Crippen molar-refractivity contribution < 1.29 is 13.6 Å². The van der Waals surface area contributed by atoms with Gasteiger partial charge in [0, 0.05) is 15.5 Å². The molecule has 1 aromatic heterocycles. The second kappa shape index (κ2) is 6.14. The highest BCUT2D eigenvalue weighted by atomic mass is 127. The normalized spacial score (nSPS) is 10.7. The van der Waals surface area contributed by atoms with Crippen molar-refractivity contribution in [2.24, 2.45) is 0 Å². The van der Waals surface area contributed by atoms with Crippen molar-refractivity contribution in [3.05, 3.63) is 51.9 Å². The van der Waals surface area contributed by atoms with Crippen LogP contribution in [0, 0.1) is 3.57 Å². The van der Waals surface area contributed by atoms with Gasteiger partial charge in [-0.3, -0.25) is 4.79 Å². The molecule has 0 atom stereocenters. The van der Waals surface area contributed by atoms with Crippen LogP contribution in [0.4, 0.5) is 14.5 Å². The van der Waals surface area contributed by atoms with Crippen molar-refractivity contribution in [3.63, 3.8) is 0 Å². The fraction of sp³-hybridized carbons (Fsp3) is 0.154. The van der Waals surface area contributed by atoms with Gasteiger partial charge in [-0.1, -0.05) is 0 Å². The van der Waals surface area contributed by atoms with E-state index in [-0.39, 0.29) is 5.69 Å². The predicted molar refractivity (Wildman–Crippen MR) is 77.5 cm³/mol. The Labute approximate surface area is 122 Å². The van der Waals surface area contributed by atoms with Crippen LogP contribution in [0.2, 0.25) is 0 Å². The van der Waals surface area contributed by atoms with Gasteiger partial charge in [-0.05, 0) is 59.0 Å². The molecule has 0 unspecified atom stereocenters. The number of nitrogens with one attached hydrogen (secondary N) is 1. The summed E-state index contributed by atoms with van der Waals surface area (Å²) in [4.78, 5) is 12.0. The summed E-state index contributed by atoms with van der Waals surface area (Å²) in [6.45, 7) is -0.484. The van der Waals surface area contributed by atoms with Gasteiger partial charge in [0.25, 0.3) is 12.3 Å². The molecule has 0 radical (unpaired) electrons. The quantitative estimate of drug-likeness (QED) is 0.813. The maximum absolute atomic E-state index is 12.4. The van der Waals surface area contributed by atoms with E-state index in [0.717, 1.165) is 3.57 Å². The lowest BCUT2D eigenvalue weighted by molar-refractivity contribution is 0.0998. The molecule has 1 N–H and O–H groups in total. The van der Waals surface area contributed by atoms with E-state index in [0.29, 0.717) is 5.69 Å². The average Bonchev–Trinajstić information content (AvgIpc) is 2.79. The first-order valence-corrected chi connectivity index (χ1v) is 6.64. The Hall–Kier alpha value is -1.44. The first kappa shape index (κ1) is 14.0. The molecule has 0 fully saturated rings. The van der Waals surface area contributed by atoms with Crippen molar-refractivity contribution in [1.82, 2.24) is 4.57 Å².